The number of carbonyl (C=O) groups is 1. The van der Waals surface area contributed by atoms with Crippen LogP contribution in [0.25, 0.3) is 0 Å². The second kappa shape index (κ2) is 8.13. The topological polar surface area (TPSA) is 126 Å². The highest BCUT2D eigenvalue weighted by Gasteiger charge is 2.36. The van der Waals surface area contributed by atoms with E-state index in [-0.39, 0.29) is 0 Å². The Morgan fingerprint density at radius 2 is 1.88 bits per heavy atom. The van der Waals surface area contributed by atoms with Gasteiger partial charge in [-0.1, -0.05) is 0 Å². The van der Waals surface area contributed by atoms with E-state index in [1.165, 1.54) is 30.3 Å². The smallest absolute Gasteiger partial charge is 0.262 e. The maximum Gasteiger partial charge on any atom is 0.262 e. The molecule has 0 radical (unpaired) electrons. The Bertz CT molecular complexity index is 881. The number of amides is 1. The lowest BCUT2D eigenvalue weighted by Gasteiger charge is -2.25. The van der Waals surface area contributed by atoms with Crippen molar-refractivity contribution in [1.29, 1.82) is 10.5 Å². The molecule has 0 aliphatic carbocycles. The molecule has 0 unspecified atom stereocenters. The van der Waals surface area contributed by atoms with E-state index >= 15 is 0 Å². The molecule has 1 amide bonds. The average Bonchev–Trinajstić information content (AvgIpc) is 2.66. The minimum atomic E-state index is -2.16. The van der Waals surface area contributed by atoms with Crippen molar-refractivity contribution in [2.45, 2.75) is 12.5 Å². The lowest BCUT2D eigenvalue weighted by Crippen LogP contribution is -2.51. The third-order valence-corrected chi connectivity index (χ3v) is 3.75. The van der Waals surface area contributed by atoms with Gasteiger partial charge in [-0.3, -0.25) is 4.79 Å². The van der Waals surface area contributed by atoms with E-state index in [1.54, 1.807) is 19.1 Å². The van der Waals surface area contributed by atoms with Gasteiger partial charge >= 0.3 is 0 Å². The molecule has 0 aliphatic rings. The summed E-state index contributed by atoms with van der Waals surface area (Å²) in [6.07, 6.45) is 0. The summed E-state index contributed by atoms with van der Waals surface area (Å²) in [7, 11) is 0. The van der Waals surface area contributed by atoms with Gasteiger partial charge in [0.05, 0.1) is 29.9 Å². The molecule has 0 saturated heterocycles. The van der Waals surface area contributed by atoms with E-state index in [0.717, 1.165) is 0 Å². The Hall–Kier alpha value is -3.39. The van der Waals surface area contributed by atoms with Crippen molar-refractivity contribution >= 4 is 11.6 Å². The average molecular weight is 351 g/mol. The number of ether oxygens (including phenoxy) is 1. The Kier molecular flexibility index (Phi) is 5.92. The highest BCUT2D eigenvalue weighted by atomic mass is 16.5. The van der Waals surface area contributed by atoms with Crippen LogP contribution >= 0.6 is 0 Å². The molecule has 0 spiro atoms. The molecule has 0 saturated carbocycles. The first-order valence-electron chi connectivity index (χ1n) is 7.70. The summed E-state index contributed by atoms with van der Waals surface area (Å²) < 4.78 is 5.36. The maximum atomic E-state index is 12.3. The van der Waals surface area contributed by atoms with Crippen LogP contribution in [0.15, 0.2) is 42.5 Å². The van der Waals surface area contributed by atoms with Crippen LogP contribution in [-0.2, 0) is 4.79 Å². The molecule has 2 aromatic carbocycles. The van der Waals surface area contributed by atoms with Crippen molar-refractivity contribution in [3.05, 3.63) is 59.2 Å². The molecule has 1 atom stereocenters. The van der Waals surface area contributed by atoms with Gasteiger partial charge in [-0.2, -0.15) is 10.5 Å². The number of rotatable bonds is 6. The molecule has 2 rings (SSSR count). The molecule has 0 bridgehead atoms. The summed E-state index contributed by atoms with van der Waals surface area (Å²) in [6.45, 7) is 0.404. The highest BCUT2D eigenvalue weighted by Crippen LogP contribution is 2.18. The van der Waals surface area contributed by atoms with Gasteiger partial charge in [-0.15, -0.1) is 0 Å². The van der Waals surface area contributed by atoms with Crippen LogP contribution in [0.5, 0.6) is 5.75 Å². The van der Waals surface area contributed by atoms with E-state index in [2.05, 4.69) is 5.32 Å². The molecule has 132 valence electrons. The quantitative estimate of drug-likeness (QED) is 0.723. The van der Waals surface area contributed by atoms with Crippen molar-refractivity contribution in [2.75, 3.05) is 18.5 Å². The fourth-order valence-corrected chi connectivity index (χ4v) is 2.13. The molecule has 7 nitrogen and oxygen atoms in total. The number of nitrogens with one attached hydrogen (secondary N) is 1. The zero-order chi connectivity index (χ0) is 19.2. The first kappa shape index (κ1) is 18.9. The van der Waals surface area contributed by atoms with Gasteiger partial charge in [-0.05, 0) is 55.0 Å². The Morgan fingerprint density at radius 3 is 2.42 bits per heavy atom. The van der Waals surface area contributed by atoms with Crippen LogP contribution in [0.2, 0.25) is 0 Å². The van der Waals surface area contributed by atoms with Crippen LogP contribution < -0.4 is 10.1 Å². The van der Waals surface area contributed by atoms with Crippen molar-refractivity contribution < 1.29 is 19.7 Å². The Labute approximate surface area is 150 Å². The number of aryl methyl sites for hydroxylation is 1. The molecule has 0 aromatic heterocycles. The van der Waals surface area contributed by atoms with E-state index in [0.29, 0.717) is 28.1 Å². The molecule has 7 heteroatoms. The third kappa shape index (κ3) is 4.37. The predicted octanol–water partition coefficient (Wildman–Crippen LogP) is 1.48. The lowest BCUT2D eigenvalue weighted by atomic mass is 10.0. The summed E-state index contributed by atoms with van der Waals surface area (Å²) in [5.74, 6) is -0.490. The number of anilines is 1. The summed E-state index contributed by atoms with van der Waals surface area (Å²) in [6, 6.07) is 14.8. The maximum absolute atomic E-state index is 12.3. The first-order chi connectivity index (χ1) is 12.4. The van der Waals surface area contributed by atoms with E-state index in [4.69, 9.17) is 15.3 Å². The molecular weight excluding hydrogens is 334 g/mol. The van der Waals surface area contributed by atoms with E-state index < -0.39 is 24.7 Å². The number of benzene rings is 2. The number of nitrogens with zero attached hydrogens (tertiary/aromatic N) is 2. The molecule has 26 heavy (non-hydrogen) atoms. The first-order valence-corrected chi connectivity index (χ1v) is 7.70. The number of nitriles is 2. The summed E-state index contributed by atoms with van der Waals surface area (Å²) in [4.78, 5) is 12.3. The van der Waals surface area contributed by atoms with Crippen LogP contribution in [0.3, 0.4) is 0 Å². The van der Waals surface area contributed by atoms with Crippen LogP contribution in [0.4, 0.5) is 5.69 Å². The normalized spacial score (nSPS) is 12.3. The van der Waals surface area contributed by atoms with Crippen molar-refractivity contribution in [2.24, 2.45) is 0 Å². The minimum Gasteiger partial charge on any atom is -0.490 e. The van der Waals surface area contributed by atoms with E-state index in [9.17, 15) is 15.0 Å². The van der Waals surface area contributed by atoms with Gasteiger partial charge in [-0.25, -0.2) is 0 Å². The number of aliphatic hydroxyl groups excluding tert-OH is 1. The lowest BCUT2D eigenvalue weighted by molar-refractivity contribution is -0.142. The minimum absolute atomic E-state index is 0.345. The van der Waals surface area contributed by atoms with E-state index in [1.807, 2.05) is 12.1 Å². The molecular formula is C19H17N3O4. The standard InChI is InChI=1S/C19H17N3O4/c1-13-8-16(5-4-15(13)10-21)22-18(24)19(25,11-23)12-26-17-6-2-14(9-20)3-7-17/h2-8,23,25H,11-12H2,1H3,(H,22,24)/t19-/m1/s1. The molecule has 0 fully saturated rings. The predicted molar refractivity (Wildman–Crippen MR) is 93.2 cm³/mol. The van der Waals surface area contributed by atoms with Gasteiger partial charge in [0.25, 0.3) is 5.91 Å². The van der Waals surface area contributed by atoms with Gasteiger partial charge in [0.2, 0.25) is 5.60 Å². The van der Waals surface area contributed by atoms with Crippen LogP contribution in [-0.4, -0.2) is 34.9 Å². The number of hydrogen-bond donors (Lipinski definition) is 3. The molecule has 3 N–H and O–H groups in total. The second-order valence-corrected chi connectivity index (χ2v) is 5.71. The van der Waals surface area contributed by atoms with Crippen LogP contribution in [0.1, 0.15) is 16.7 Å². The SMILES string of the molecule is Cc1cc(NC(=O)[C@@](O)(CO)COc2ccc(C#N)cc2)ccc1C#N. The fraction of sp³-hybridized carbons (Fsp3) is 0.211. The van der Waals surface area contributed by atoms with Crippen LogP contribution in [0, 0.1) is 29.6 Å². The second-order valence-electron chi connectivity index (χ2n) is 5.71. The largest absolute Gasteiger partial charge is 0.490 e. The molecule has 0 aliphatic heterocycles. The highest BCUT2D eigenvalue weighted by molar-refractivity contribution is 5.97. The third-order valence-electron chi connectivity index (χ3n) is 3.75. The fourth-order valence-electron chi connectivity index (χ4n) is 2.13. The zero-order valence-electron chi connectivity index (χ0n) is 14.1. The molecule has 0 heterocycles. The van der Waals surface area contributed by atoms with Gasteiger partial charge in [0.15, 0.2) is 0 Å². The van der Waals surface area contributed by atoms with Gasteiger partial charge in [0.1, 0.15) is 12.4 Å². The van der Waals surface area contributed by atoms with Crippen molar-refractivity contribution in [3.63, 3.8) is 0 Å². The number of hydrogen-bond acceptors (Lipinski definition) is 6. The molecule has 2 aromatic rings. The monoisotopic (exact) mass is 351 g/mol. The summed E-state index contributed by atoms with van der Waals surface area (Å²) >= 11 is 0. The number of carbonyl (C=O) groups excluding carboxylic acids is 1. The van der Waals surface area contributed by atoms with Gasteiger partial charge in [0, 0.05) is 5.69 Å². The Morgan fingerprint density at radius 1 is 1.19 bits per heavy atom. The zero-order valence-corrected chi connectivity index (χ0v) is 14.1. The summed E-state index contributed by atoms with van der Waals surface area (Å²) in [5, 5.41) is 40.0. The van der Waals surface area contributed by atoms with Gasteiger partial charge < -0.3 is 20.3 Å². The number of aliphatic hydroxyl groups is 2. The van der Waals surface area contributed by atoms with Crippen molar-refractivity contribution in [3.8, 4) is 17.9 Å². The summed E-state index contributed by atoms with van der Waals surface area (Å²) in [5.41, 5.74) is -0.174. The Balaban J connectivity index is 2.06. The van der Waals surface area contributed by atoms with Crippen molar-refractivity contribution in [1.82, 2.24) is 0 Å².